The largest absolute Gasteiger partial charge is 0.464 e. The van der Waals surface area contributed by atoms with Crippen LogP contribution in [0.1, 0.15) is 16.7 Å². The van der Waals surface area contributed by atoms with Crippen molar-refractivity contribution in [2.45, 2.75) is 0 Å². The molecule has 0 spiro atoms. The standard InChI is InChI=1S/C17H11NO/c1-2-19-17-6-4-3-5-16(17)12-11-14-7-9-15(13-18)10-8-14/h2-10H,1H2. The van der Waals surface area contributed by atoms with Gasteiger partial charge in [0.15, 0.2) is 0 Å². The predicted octanol–water partition coefficient (Wildman–Crippen LogP) is 3.48. The molecule has 2 aromatic carbocycles. The summed E-state index contributed by atoms with van der Waals surface area (Å²) in [5.41, 5.74) is 2.28. The van der Waals surface area contributed by atoms with E-state index in [2.05, 4.69) is 24.5 Å². The second-order valence-electron chi connectivity index (χ2n) is 3.72. The summed E-state index contributed by atoms with van der Waals surface area (Å²) >= 11 is 0. The fraction of sp³-hybridized carbons (Fsp3) is 0. The molecule has 90 valence electrons. The summed E-state index contributed by atoms with van der Waals surface area (Å²) in [7, 11) is 0. The van der Waals surface area contributed by atoms with Crippen molar-refractivity contribution in [2.24, 2.45) is 0 Å². The Hall–Kier alpha value is -2.97. The molecular formula is C17H11NO. The van der Waals surface area contributed by atoms with Crippen molar-refractivity contribution in [3.63, 3.8) is 0 Å². The van der Waals surface area contributed by atoms with E-state index in [-0.39, 0.29) is 0 Å². The van der Waals surface area contributed by atoms with Crippen molar-refractivity contribution in [3.05, 3.63) is 78.1 Å². The molecule has 2 aromatic rings. The van der Waals surface area contributed by atoms with E-state index in [1.807, 2.05) is 36.4 Å². The Labute approximate surface area is 112 Å². The maximum absolute atomic E-state index is 8.72. The van der Waals surface area contributed by atoms with Gasteiger partial charge in [-0.2, -0.15) is 5.26 Å². The van der Waals surface area contributed by atoms with Crippen LogP contribution in [0.5, 0.6) is 5.75 Å². The van der Waals surface area contributed by atoms with E-state index in [9.17, 15) is 0 Å². The van der Waals surface area contributed by atoms with Crippen LogP contribution in [0.3, 0.4) is 0 Å². The van der Waals surface area contributed by atoms with Crippen molar-refractivity contribution in [2.75, 3.05) is 0 Å². The summed E-state index contributed by atoms with van der Waals surface area (Å²) in [4.78, 5) is 0. The number of nitriles is 1. The minimum Gasteiger partial charge on any atom is -0.464 e. The Bertz CT molecular complexity index is 682. The molecule has 2 rings (SSSR count). The highest BCUT2D eigenvalue weighted by Crippen LogP contribution is 2.16. The third kappa shape index (κ3) is 3.25. The maximum atomic E-state index is 8.72. The summed E-state index contributed by atoms with van der Waals surface area (Å²) in [6.07, 6.45) is 1.38. The highest BCUT2D eigenvalue weighted by atomic mass is 16.5. The average molecular weight is 245 g/mol. The lowest BCUT2D eigenvalue weighted by molar-refractivity contribution is 0.482. The molecule has 0 saturated carbocycles. The zero-order valence-corrected chi connectivity index (χ0v) is 10.3. The molecule has 0 atom stereocenters. The Balaban J connectivity index is 2.28. The van der Waals surface area contributed by atoms with Gasteiger partial charge in [-0.25, -0.2) is 0 Å². The Morgan fingerprint density at radius 2 is 1.63 bits per heavy atom. The first-order valence-electron chi connectivity index (χ1n) is 5.72. The lowest BCUT2D eigenvalue weighted by Gasteiger charge is -2.01. The average Bonchev–Trinajstić information content (AvgIpc) is 2.47. The molecule has 0 aliphatic carbocycles. The van der Waals surface area contributed by atoms with Crippen molar-refractivity contribution in [1.82, 2.24) is 0 Å². The van der Waals surface area contributed by atoms with Gasteiger partial charge in [0.25, 0.3) is 0 Å². The summed E-state index contributed by atoms with van der Waals surface area (Å²) in [6, 6.07) is 16.7. The molecule has 2 heteroatoms. The zero-order chi connectivity index (χ0) is 13.5. The molecule has 0 N–H and O–H groups in total. The van der Waals surface area contributed by atoms with Crippen LogP contribution in [-0.4, -0.2) is 0 Å². The summed E-state index contributed by atoms with van der Waals surface area (Å²) < 4.78 is 5.28. The van der Waals surface area contributed by atoms with Gasteiger partial charge in [-0.3, -0.25) is 0 Å². The van der Waals surface area contributed by atoms with E-state index >= 15 is 0 Å². The monoisotopic (exact) mass is 245 g/mol. The van der Waals surface area contributed by atoms with Crippen LogP contribution in [0, 0.1) is 23.2 Å². The molecule has 0 bridgehead atoms. The number of benzene rings is 2. The summed E-state index contributed by atoms with van der Waals surface area (Å²) in [5.74, 6) is 6.76. The third-order valence-corrected chi connectivity index (χ3v) is 2.45. The predicted molar refractivity (Wildman–Crippen MR) is 74.4 cm³/mol. The second kappa shape index (κ2) is 6.10. The van der Waals surface area contributed by atoms with Gasteiger partial charge in [-0.1, -0.05) is 30.6 Å². The Kier molecular flexibility index (Phi) is 4.01. The number of rotatable bonds is 2. The first kappa shape index (κ1) is 12.5. The molecule has 0 heterocycles. The van der Waals surface area contributed by atoms with Crippen molar-refractivity contribution in [1.29, 1.82) is 5.26 Å². The van der Waals surface area contributed by atoms with Gasteiger partial charge in [0.2, 0.25) is 0 Å². The van der Waals surface area contributed by atoms with E-state index in [4.69, 9.17) is 10.00 Å². The molecule has 0 aliphatic rings. The van der Waals surface area contributed by atoms with Gasteiger partial charge in [-0.15, -0.1) is 0 Å². The number of para-hydroxylation sites is 1. The van der Waals surface area contributed by atoms with Crippen LogP contribution in [0.15, 0.2) is 61.4 Å². The zero-order valence-electron chi connectivity index (χ0n) is 10.3. The van der Waals surface area contributed by atoms with Gasteiger partial charge in [-0.05, 0) is 36.4 Å². The van der Waals surface area contributed by atoms with Crippen LogP contribution in [0.2, 0.25) is 0 Å². The summed E-state index contributed by atoms with van der Waals surface area (Å²) in [5, 5.41) is 8.72. The minimum atomic E-state index is 0.626. The van der Waals surface area contributed by atoms with E-state index in [0.29, 0.717) is 11.3 Å². The molecule has 19 heavy (non-hydrogen) atoms. The second-order valence-corrected chi connectivity index (χ2v) is 3.72. The molecular weight excluding hydrogens is 234 g/mol. The van der Waals surface area contributed by atoms with Gasteiger partial charge < -0.3 is 4.74 Å². The van der Waals surface area contributed by atoms with Crippen LogP contribution >= 0.6 is 0 Å². The van der Waals surface area contributed by atoms with Gasteiger partial charge >= 0.3 is 0 Å². The van der Waals surface area contributed by atoms with Crippen molar-refractivity contribution in [3.8, 4) is 23.7 Å². The molecule has 0 amide bonds. The molecule has 0 unspecified atom stereocenters. The van der Waals surface area contributed by atoms with E-state index in [1.54, 1.807) is 12.1 Å². The molecule has 0 fully saturated rings. The SMILES string of the molecule is C=COc1ccccc1C#Cc1ccc(C#N)cc1. The lowest BCUT2D eigenvalue weighted by Crippen LogP contribution is -1.85. The van der Waals surface area contributed by atoms with Crippen molar-refractivity contribution >= 4 is 0 Å². The molecule has 0 saturated heterocycles. The lowest BCUT2D eigenvalue weighted by atomic mass is 10.1. The fourth-order valence-corrected chi connectivity index (χ4v) is 1.53. The van der Waals surface area contributed by atoms with Crippen LogP contribution in [0.25, 0.3) is 0 Å². The van der Waals surface area contributed by atoms with Crippen LogP contribution in [-0.2, 0) is 0 Å². The summed E-state index contributed by atoms with van der Waals surface area (Å²) in [6.45, 7) is 3.53. The molecule has 2 nitrogen and oxygen atoms in total. The number of hydrogen-bond acceptors (Lipinski definition) is 2. The fourth-order valence-electron chi connectivity index (χ4n) is 1.53. The van der Waals surface area contributed by atoms with Gasteiger partial charge in [0.05, 0.1) is 23.5 Å². The van der Waals surface area contributed by atoms with E-state index in [1.165, 1.54) is 6.26 Å². The highest BCUT2D eigenvalue weighted by molar-refractivity contribution is 5.50. The Morgan fingerprint density at radius 1 is 0.947 bits per heavy atom. The maximum Gasteiger partial charge on any atom is 0.142 e. The Morgan fingerprint density at radius 3 is 2.32 bits per heavy atom. The van der Waals surface area contributed by atoms with E-state index in [0.717, 1.165) is 11.1 Å². The molecule has 0 aliphatic heterocycles. The van der Waals surface area contributed by atoms with Crippen molar-refractivity contribution < 1.29 is 4.74 Å². The first-order valence-corrected chi connectivity index (χ1v) is 5.72. The quantitative estimate of drug-likeness (QED) is 0.599. The van der Waals surface area contributed by atoms with E-state index < -0.39 is 0 Å². The first-order chi connectivity index (χ1) is 9.33. The molecule has 0 aromatic heterocycles. The normalized spacial score (nSPS) is 8.79. The van der Waals surface area contributed by atoms with Crippen LogP contribution < -0.4 is 4.74 Å². The van der Waals surface area contributed by atoms with Crippen LogP contribution in [0.4, 0.5) is 0 Å². The topological polar surface area (TPSA) is 33.0 Å². The van der Waals surface area contributed by atoms with Gasteiger partial charge in [0, 0.05) is 5.56 Å². The minimum absolute atomic E-state index is 0.626. The number of nitrogens with zero attached hydrogens (tertiary/aromatic N) is 1. The number of ether oxygens (including phenoxy) is 1. The highest BCUT2D eigenvalue weighted by Gasteiger charge is 1.97. The van der Waals surface area contributed by atoms with Gasteiger partial charge in [0.1, 0.15) is 5.75 Å². The number of hydrogen-bond donors (Lipinski definition) is 0. The molecule has 0 radical (unpaired) electrons. The third-order valence-electron chi connectivity index (χ3n) is 2.45. The smallest absolute Gasteiger partial charge is 0.142 e.